The number of hydrogen-bond donors (Lipinski definition) is 1. The van der Waals surface area contributed by atoms with Crippen molar-refractivity contribution in [2.45, 2.75) is 26.7 Å². The van der Waals surface area contributed by atoms with Crippen LogP contribution in [0.2, 0.25) is 0 Å². The average Bonchev–Trinajstić information content (AvgIpc) is 3.20. The molecule has 5 heteroatoms. The first kappa shape index (κ1) is 13.5. The highest BCUT2D eigenvalue weighted by molar-refractivity contribution is 6.06. The predicted octanol–water partition coefficient (Wildman–Crippen LogP) is 2.78. The van der Waals surface area contributed by atoms with Crippen LogP contribution in [0.4, 0.5) is 0 Å². The van der Waals surface area contributed by atoms with Gasteiger partial charge in [-0.1, -0.05) is 17.3 Å². The topological polar surface area (TPSA) is 68.0 Å². The molecule has 5 nitrogen and oxygen atoms in total. The van der Waals surface area contributed by atoms with Crippen molar-refractivity contribution < 1.29 is 9.32 Å². The quantitative estimate of drug-likeness (QED) is 0.885. The number of nitrogens with zero attached hydrogens (tertiary/aromatic N) is 2. The zero-order chi connectivity index (χ0) is 15.3. The predicted molar refractivity (Wildman–Crippen MR) is 82.5 cm³/mol. The second kappa shape index (κ2) is 4.93. The van der Waals surface area contributed by atoms with Crippen LogP contribution in [0.1, 0.15) is 34.6 Å². The van der Waals surface area contributed by atoms with Crippen LogP contribution >= 0.6 is 0 Å². The van der Waals surface area contributed by atoms with E-state index >= 15 is 0 Å². The summed E-state index contributed by atoms with van der Waals surface area (Å²) in [6.45, 7) is 4.42. The fourth-order valence-corrected chi connectivity index (χ4v) is 3.85. The number of carbonyl (C=O) groups is 1. The molecule has 114 valence electrons. The molecule has 0 saturated heterocycles. The fraction of sp³-hybridized carbons (Fsp3) is 0.471. The summed E-state index contributed by atoms with van der Waals surface area (Å²) in [6.07, 6.45) is 7.08. The Morgan fingerprint density at radius 3 is 2.95 bits per heavy atom. The molecule has 2 aromatic heterocycles. The molecule has 22 heavy (non-hydrogen) atoms. The highest BCUT2D eigenvalue weighted by Gasteiger charge is 2.35. The highest BCUT2D eigenvalue weighted by Crippen LogP contribution is 2.43. The summed E-state index contributed by atoms with van der Waals surface area (Å²) >= 11 is 0. The first-order chi connectivity index (χ1) is 10.6. The van der Waals surface area contributed by atoms with Gasteiger partial charge < -0.3 is 9.84 Å². The lowest BCUT2D eigenvalue weighted by Crippen LogP contribution is -2.31. The van der Waals surface area contributed by atoms with Crippen LogP contribution in [0.3, 0.4) is 0 Å². The van der Waals surface area contributed by atoms with Crippen molar-refractivity contribution in [3.63, 3.8) is 0 Å². The molecule has 4 rings (SSSR count). The summed E-state index contributed by atoms with van der Waals surface area (Å²) in [5.74, 6) is 1.87. The Bertz CT molecular complexity index is 778. The van der Waals surface area contributed by atoms with E-state index in [0.29, 0.717) is 28.8 Å². The van der Waals surface area contributed by atoms with Crippen LogP contribution < -0.4 is 5.32 Å². The minimum atomic E-state index is -0.0615. The minimum Gasteiger partial charge on any atom is -0.352 e. The number of fused-ring (bicyclic) bond motifs is 3. The van der Waals surface area contributed by atoms with E-state index in [2.05, 4.69) is 27.6 Å². The van der Waals surface area contributed by atoms with Gasteiger partial charge in [-0.2, -0.15) is 0 Å². The second-order valence-corrected chi connectivity index (χ2v) is 6.51. The number of aryl methyl sites for hydroxylation is 2. The molecule has 2 aliphatic rings. The summed E-state index contributed by atoms with van der Waals surface area (Å²) in [6, 6.07) is 1.81. The summed E-state index contributed by atoms with van der Waals surface area (Å²) in [5, 5.41) is 7.73. The van der Waals surface area contributed by atoms with Crippen LogP contribution in [-0.4, -0.2) is 22.6 Å². The van der Waals surface area contributed by atoms with Crippen molar-refractivity contribution in [1.29, 1.82) is 0 Å². The van der Waals surface area contributed by atoms with Crippen molar-refractivity contribution in [2.75, 3.05) is 6.54 Å². The number of pyridine rings is 1. The smallest absolute Gasteiger partial charge is 0.258 e. The van der Waals surface area contributed by atoms with Crippen LogP contribution in [0.15, 0.2) is 22.7 Å². The molecule has 0 aliphatic heterocycles. The Balaban J connectivity index is 1.55. The van der Waals surface area contributed by atoms with Gasteiger partial charge in [-0.05, 0) is 50.5 Å². The number of carbonyl (C=O) groups excluding carboxylic acids is 1. The van der Waals surface area contributed by atoms with Crippen molar-refractivity contribution in [3.05, 3.63) is 35.2 Å². The van der Waals surface area contributed by atoms with Crippen LogP contribution in [0.25, 0.3) is 11.1 Å². The molecule has 0 spiro atoms. The number of allylic oxidation sites excluding steroid dienone is 2. The largest absolute Gasteiger partial charge is 0.352 e. The van der Waals surface area contributed by atoms with Gasteiger partial charge in [0.1, 0.15) is 0 Å². The average molecular weight is 297 g/mol. The van der Waals surface area contributed by atoms with Gasteiger partial charge >= 0.3 is 0 Å². The van der Waals surface area contributed by atoms with Crippen molar-refractivity contribution >= 4 is 17.0 Å². The lowest BCUT2D eigenvalue weighted by atomic mass is 9.93. The third-order valence-corrected chi connectivity index (χ3v) is 4.93. The fourth-order valence-electron chi connectivity index (χ4n) is 3.85. The monoisotopic (exact) mass is 297 g/mol. The Kier molecular flexibility index (Phi) is 3.03. The zero-order valence-corrected chi connectivity index (χ0v) is 12.8. The molecule has 2 bridgehead atoms. The molecule has 1 N–H and O–H groups in total. The maximum atomic E-state index is 12.6. The van der Waals surface area contributed by atoms with E-state index in [9.17, 15) is 4.79 Å². The van der Waals surface area contributed by atoms with E-state index < -0.39 is 0 Å². The number of nitrogens with one attached hydrogen (secondary N) is 1. The molecule has 1 fully saturated rings. The third-order valence-electron chi connectivity index (χ3n) is 4.93. The Morgan fingerprint density at radius 1 is 1.36 bits per heavy atom. The maximum Gasteiger partial charge on any atom is 0.258 e. The number of amides is 1. The molecule has 3 atom stereocenters. The van der Waals surface area contributed by atoms with Crippen molar-refractivity contribution in [3.8, 4) is 0 Å². The molecule has 0 radical (unpaired) electrons. The van der Waals surface area contributed by atoms with E-state index in [-0.39, 0.29) is 5.91 Å². The van der Waals surface area contributed by atoms with E-state index in [4.69, 9.17) is 4.52 Å². The van der Waals surface area contributed by atoms with Gasteiger partial charge in [-0.25, -0.2) is 4.98 Å². The second-order valence-electron chi connectivity index (χ2n) is 6.51. The summed E-state index contributed by atoms with van der Waals surface area (Å²) in [4.78, 5) is 16.9. The number of rotatable bonds is 3. The Labute approximate surface area is 128 Å². The molecule has 0 unspecified atom stereocenters. The summed E-state index contributed by atoms with van der Waals surface area (Å²) in [7, 11) is 0. The van der Waals surface area contributed by atoms with Crippen molar-refractivity contribution in [1.82, 2.24) is 15.5 Å². The van der Waals surface area contributed by atoms with Crippen LogP contribution in [-0.2, 0) is 0 Å². The van der Waals surface area contributed by atoms with Gasteiger partial charge in [-0.3, -0.25) is 4.79 Å². The van der Waals surface area contributed by atoms with E-state index in [1.807, 2.05) is 19.9 Å². The third kappa shape index (κ3) is 2.12. The van der Waals surface area contributed by atoms with E-state index in [0.717, 1.165) is 23.5 Å². The molecule has 2 aromatic rings. The lowest BCUT2D eigenvalue weighted by molar-refractivity contribution is 0.0946. The first-order valence-corrected chi connectivity index (χ1v) is 7.82. The Morgan fingerprint density at radius 2 is 2.23 bits per heavy atom. The van der Waals surface area contributed by atoms with Crippen LogP contribution in [0.5, 0.6) is 0 Å². The molecule has 1 saturated carbocycles. The SMILES string of the molecule is Cc1cc(C(=O)NC[C@@H]2C[C@H]3C=C[C@H]2C3)c2c(C)noc2n1. The molecular weight excluding hydrogens is 278 g/mol. The van der Waals surface area contributed by atoms with Gasteiger partial charge in [-0.15, -0.1) is 0 Å². The van der Waals surface area contributed by atoms with Gasteiger partial charge in [0.05, 0.1) is 16.6 Å². The summed E-state index contributed by atoms with van der Waals surface area (Å²) in [5.41, 5.74) is 2.51. The lowest BCUT2D eigenvalue weighted by Gasteiger charge is -2.18. The van der Waals surface area contributed by atoms with Crippen LogP contribution in [0, 0.1) is 31.6 Å². The minimum absolute atomic E-state index is 0.0615. The number of hydrogen-bond acceptors (Lipinski definition) is 4. The van der Waals surface area contributed by atoms with E-state index in [1.54, 1.807) is 0 Å². The molecule has 1 amide bonds. The zero-order valence-electron chi connectivity index (χ0n) is 12.8. The normalized spacial score (nSPS) is 26.0. The first-order valence-electron chi connectivity index (χ1n) is 7.82. The Hall–Kier alpha value is -2.17. The molecular formula is C17H19N3O2. The van der Waals surface area contributed by atoms with Gasteiger partial charge in [0, 0.05) is 12.2 Å². The van der Waals surface area contributed by atoms with E-state index in [1.165, 1.54) is 12.8 Å². The standard InChI is InChI=1S/C17H19N3O2/c1-9-5-14(15-10(2)20-22-17(15)19-9)16(21)18-8-13-7-11-3-4-12(13)6-11/h3-5,11-13H,6-8H2,1-2H3,(H,18,21)/t11-,12-,13-/m0/s1. The highest BCUT2D eigenvalue weighted by atomic mass is 16.5. The molecule has 2 aliphatic carbocycles. The molecule has 2 heterocycles. The molecule has 0 aromatic carbocycles. The van der Waals surface area contributed by atoms with Gasteiger partial charge in [0.15, 0.2) is 0 Å². The van der Waals surface area contributed by atoms with Gasteiger partial charge in [0.25, 0.3) is 11.6 Å². The van der Waals surface area contributed by atoms with Gasteiger partial charge in [0.2, 0.25) is 0 Å². The maximum absolute atomic E-state index is 12.6. The number of aromatic nitrogens is 2. The summed E-state index contributed by atoms with van der Waals surface area (Å²) < 4.78 is 5.19. The van der Waals surface area contributed by atoms with Crippen molar-refractivity contribution in [2.24, 2.45) is 17.8 Å².